The maximum Gasteiger partial charge on any atom is 0.377 e. The van der Waals surface area contributed by atoms with Crippen molar-refractivity contribution in [2.24, 2.45) is 0 Å². The zero-order valence-corrected chi connectivity index (χ0v) is 9.66. The van der Waals surface area contributed by atoms with Gasteiger partial charge < -0.3 is 5.11 Å². The van der Waals surface area contributed by atoms with E-state index in [0.717, 1.165) is 0 Å². The fourth-order valence-electron chi connectivity index (χ4n) is 1.91. The minimum Gasteiger partial charge on any atom is -0.475 e. The van der Waals surface area contributed by atoms with Crippen molar-refractivity contribution in [1.82, 2.24) is 0 Å². The summed E-state index contributed by atoms with van der Waals surface area (Å²) in [6.07, 6.45) is 1.05. The highest BCUT2D eigenvalue weighted by molar-refractivity contribution is 7.91. The lowest BCUT2D eigenvalue weighted by molar-refractivity contribution is -0.131. The number of aryl methyl sites for hydroxylation is 1. The van der Waals surface area contributed by atoms with E-state index in [1.807, 2.05) is 0 Å². The molecule has 0 amide bonds. The molecule has 0 aliphatic carbocycles. The minimum absolute atomic E-state index is 0.0216. The fourth-order valence-corrected chi connectivity index (χ4v) is 3.49. The Balaban J connectivity index is 2.52. The molecule has 0 bridgehead atoms. The monoisotopic (exact) mass is 254 g/mol. The number of hydrogen-bond acceptors (Lipinski definition) is 4. The molecule has 17 heavy (non-hydrogen) atoms. The summed E-state index contributed by atoms with van der Waals surface area (Å²) >= 11 is 0. The van der Waals surface area contributed by atoms with Crippen LogP contribution in [0.2, 0.25) is 0 Å². The summed E-state index contributed by atoms with van der Waals surface area (Å²) < 4.78 is 23.4. The van der Waals surface area contributed by atoms with Gasteiger partial charge in [0.05, 0.1) is 10.6 Å². The Hall–Kier alpha value is -1.69. The molecule has 0 saturated carbocycles. The third-order valence-electron chi connectivity index (χ3n) is 2.71. The quantitative estimate of drug-likeness (QED) is 0.619. The molecule has 5 nitrogen and oxygen atoms in total. The van der Waals surface area contributed by atoms with E-state index in [9.17, 15) is 18.0 Å². The third kappa shape index (κ3) is 2.08. The number of carboxylic acid groups (broad SMARTS) is 1. The SMILES string of the molecule is O=C(O)C(=O)c1ccc2c(c1)CCCS2(=O)=O. The molecule has 0 atom stereocenters. The van der Waals surface area contributed by atoms with Gasteiger partial charge in [0.15, 0.2) is 9.84 Å². The first-order chi connectivity index (χ1) is 7.92. The van der Waals surface area contributed by atoms with Crippen LogP contribution in [0.5, 0.6) is 0 Å². The predicted molar refractivity (Wildman–Crippen MR) is 58.8 cm³/mol. The van der Waals surface area contributed by atoms with Crippen molar-refractivity contribution in [1.29, 1.82) is 0 Å². The second-order valence-corrected chi connectivity index (χ2v) is 5.96. The Morgan fingerprint density at radius 2 is 1.94 bits per heavy atom. The van der Waals surface area contributed by atoms with Gasteiger partial charge in [-0.1, -0.05) is 0 Å². The van der Waals surface area contributed by atoms with E-state index in [-0.39, 0.29) is 16.2 Å². The molecule has 0 saturated heterocycles. The van der Waals surface area contributed by atoms with Gasteiger partial charge in [-0.15, -0.1) is 0 Å². The number of carbonyl (C=O) groups is 2. The van der Waals surface area contributed by atoms with Crippen LogP contribution >= 0.6 is 0 Å². The van der Waals surface area contributed by atoms with Crippen LogP contribution in [0, 0.1) is 0 Å². The number of sulfone groups is 1. The summed E-state index contributed by atoms with van der Waals surface area (Å²) in [6.45, 7) is 0. The molecule has 0 radical (unpaired) electrons. The molecule has 0 fully saturated rings. The van der Waals surface area contributed by atoms with Gasteiger partial charge in [0.1, 0.15) is 0 Å². The van der Waals surface area contributed by atoms with Gasteiger partial charge >= 0.3 is 5.97 Å². The zero-order chi connectivity index (χ0) is 12.6. The van der Waals surface area contributed by atoms with Crippen LogP contribution in [0.25, 0.3) is 0 Å². The van der Waals surface area contributed by atoms with Crippen molar-refractivity contribution in [3.63, 3.8) is 0 Å². The fraction of sp³-hybridized carbons (Fsp3) is 0.273. The standard InChI is InChI=1S/C11H10O5S/c12-10(11(13)14)8-3-4-9-7(6-8)2-1-5-17(9,15)16/h3-4,6H,1-2,5H2,(H,13,14). The van der Waals surface area contributed by atoms with Gasteiger partial charge in [-0.25, -0.2) is 13.2 Å². The largest absolute Gasteiger partial charge is 0.475 e. The topological polar surface area (TPSA) is 88.5 Å². The van der Waals surface area contributed by atoms with Gasteiger partial charge in [0, 0.05) is 5.56 Å². The van der Waals surface area contributed by atoms with Crippen molar-refractivity contribution >= 4 is 21.6 Å². The van der Waals surface area contributed by atoms with E-state index >= 15 is 0 Å². The molecule has 90 valence electrons. The number of ketones is 1. The maximum absolute atomic E-state index is 11.7. The summed E-state index contributed by atoms with van der Waals surface area (Å²) in [6, 6.07) is 3.93. The Morgan fingerprint density at radius 3 is 2.59 bits per heavy atom. The number of carboxylic acids is 1. The smallest absolute Gasteiger partial charge is 0.377 e. The molecule has 0 spiro atoms. The van der Waals surface area contributed by atoms with E-state index < -0.39 is 21.6 Å². The van der Waals surface area contributed by atoms with Crippen LogP contribution in [-0.4, -0.2) is 31.0 Å². The molecular formula is C11H10O5S. The Morgan fingerprint density at radius 1 is 1.24 bits per heavy atom. The van der Waals surface area contributed by atoms with E-state index in [2.05, 4.69) is 0 Å². The van der Waals surface area contributed by atoms with Crippen LogP contribution < -0.4 is 0 Å². The molecule has 0 unspecified atom stereocenters. The molecular weight excluding hydrogens is 244 g/mol. The summed E-state index contributed by atoms with van der Waals surface area (Å²) in [4.78, 5) is 22.0. The second kappa shape index (κ2) is 3.96. The van der Waals surface area contributed by atoms with Crippen LogP contribution in [0.3, 0.4) is 0 Å². The van der Waals surface area contributed by atoms with Gasteiger partial charge in [0.2, 0.25) is 0 Å². The summed E-state index contributed by atoms with van der Waals surface area (Å²) in [7, 11) is -3.26. The zero-order valence-electron chi connectivity index (χ0n) is 8.84. The molecule has 0 aromatic heterocycles. The molecule has 1 N–H and O–H groups in total. The van der Waals surface area contributed by atoms with Crippen molar-refractivity contribution in [2.75, 3.05) is 5.75 Å². The molecule has 1 aliphatic rings. The van der Waals surface area contributed by atoms with E-state index in [1.54, 1.807) is 0 Å². The number of rotatable bonds is 2. The molecule has 1 heterocycles. The van der Waals surface area contributed by atoms with Crippen molar-refractivity contribution in [3.05, 3.63) is 29.3 Å². The Bertz CT molecular complexity index is 600. The highest BCUT2D eigenvalue weighted by Gasteiger charge is 2.25. The van der Waals surface area contributed by atoms with Gasteiger partial charge in [-0.2, -0.15) is 0 Å². The first-order valence-electron chi connectivity index (χ1n) is 5.05. The van der Waals surface area contributed by atoms with E-state index in [4.69, 9.17) is 5.11 Å². The van der Waals surface area contributed by atoms with Gasteiger partial charge in [-0.3, -0.25) is 4.79 Å². The highest BCUT2D eigenvalue weighted by Crippen LogP contribution is 2.25. The lowest BCUT2D eigenvalue weighted by Crippen LogP contribution is -2.18. The van der Waals surface area contributed by atoms with E-state index in [0.29, 0.717) is 18.4 Å². The molecule has 1 aromatic carbocycles. The van der Waals surface area contributed by atoms with Gasteiger partial charge in [0.25, 0.3) is 5.78 Å². The number of benzene rings is 1. The first-order valence-corrected chi connectivity index (χ1v) is 6.70. The molecule has 1 aromatic rings. The highest BCUT2D eigenvalue weighted by atomic mass is 32.2. The Kier molecular flexibility index (Phi) is 2.74. The normalized spacial score (nSPS) is 17.2. The van der Waals surface area contributed by atoms with Crippen molar-refractivity contribution in [3.8, 4) is 0 Å². The van der Waals surface area contributed by atoms with Crippen LogP contribution in [0.4, 0.5) is 0 Å². The maximum atomic E-state index is 11.7. The molecule has 6 heteroatoms. The second-order valence-electron chi connectivity index (χ2n) is 3.88. The summed E-state index contributed by atoms with van der Waals surface area (Å²) in [5, 5.41) is 8.57. The summed E-state index contributed by atoms with van der Waals surface area (Å²) in [5.41, 5.74) is 0.553. The Labute approximate surface area is 98.0 Å². The number of carbonyl (C=O) groups excluding carboxylic acids is 1. The first kappa shape index (κ1) is 11.8. The third-order valence-corrected chi connectivity index (χ3v) is 4.61. The molecule has 1 aliphatic heterocycles. The van der Waals surface area contributed by atoms with Crippen LogP contribution in [0.15, 0.2) is 23.1 Å². The number of fused-ring (bicyclic) bond motifs is 1. The minimum atomic E-state index is -3.26. The average molecular weight is 254 g/mol. The molecule has 2 rings (SSSR count). The summed E-state index contributed by atoms with van der Waals surface area (Å²) in [5.74, 6) is -2.45. The average Bonchev–Trinajstić information content (AvgIpc) is 2.27. The van der Waals surface area contributed by atoms with Crippen LogP contribution in [0.1, 0.15) is 22.3 Å². The van der Waals surface area contributed by atoms with Crippen molar-refractivity contribution < 1.29 is 23.1 Å². The predicted octanol–water partition coefficient (Wildman–Crippen LogP) is 0.674. The number of aliphatic carboxylic acids is 1. The van der Waals surface area contributed by atoms with E-state index in [1.165, 1.54) is 18.2 Å². The van der Waals surface area contributed by atoms with Crippen molar-refractivity contribution in [2.45, 2.75) is 17.7 Å². The number of Topliss-reactive ketones (excluding diaryl/α,β-unsaturated/α-hetero) is 1. The number of hydrogen-bond donors (Lipinski definition) is 1. The lowest BCUT2D eigenvalue weighted by atomic mass is 10.0. The lowest BCUT2D eigenvalue weighted by Gasteiger charge is -2.16. The van der Waals surface area contributed by atoms with Gasteiger partial charge in [-0.05, 0) is 36.6 Å². The van der Waals surface area contributed by atoms with Crippen LogP contribution in [-0.2, 0) is 21.1 Å².